The third-order valence-corrected chi connectivity index (χ3v) is 4.81. The molecular weight excluding hydrogens is 250 g/mol. The van der Waals surface area contributed by atoms with E-state index in [1.54, 1.807) is 0 Å². The summed E-state index contributed by atoms with van der Waals surface area (Å²) in [6.07, 6.45) is 3.85. The molecule has 0 spiro atoms. The lowest BCUT2D eigenvalue weighted by atomic mass is 9.83. The normalized spacial score (nSPS) is 28.4. The van der Waals surface area contributed by atoms with Crippen LogP contribution in [0, 0.1) is 0 Å². The van der Waals surface area contributed by atoms with Crippen LogP contribution in [0.5, 0.6) is 0 Å². The van der Waals surface area contributed by atoms with Gasteiger partial charge in [-0.15, -0.1) is 0 Å². The fraction of sp³-hybridized carbons (Fsp3) is 0.471. The fourth-order valence-corrected chi connectivity index (χ4v) is 3.91. The summed E-state index contributed by atoms with van der Waals surface area (Å²) in [6.45, 7) is 3.02. The first-order valence-electron chi connectivity index (χ1n) is 7.51. The van der Waals surface area contributed by atoms with Crippen molar-refractivity contribution in [1.29, 1.82) is 0 Å². The minimum absolute atomic E-state index is 0.0113. The van der Waals surface area contributed by atoms with Crippen molar-refractivity contribution in [2.24, 2.45) is 0 Å². The molecule has 3 nitrogen and oxygen atoms in total. The summed E-state index contributed by atoms with van der Waals surface area (Å²) in [6, 6.07) is 9.21. The predicted molar refractivity (Wildman–Crippen MR) is 76.0 cm³/mol. The molecule has 1 aromatic rings. The number of hydrogen-bond donors (Lipinski definition) is 0. The summed E-state index contributed by atoms with van der Waals surface area (Å²) in [7, 11) is 0. The number of fused-ring (bicyclic) bond motifs is 4. The first kappa shape index (κ1) is 12.0. The van der Waals surface area contributed by atoms with Crippen molar-refractivity contribution in [3.8, 4) is 0 Å². The fourth-order valence-electron chi connectivity index (χ4n) is 3.91. The summed E-state index contributed by atoms with van der Waals surface area (Å²) in [4.78, 5) is 14.5. The van der Waals surface area contributed by atoms with Crippen LogP contribution in [0.1, 0.15) is 43.4 Å². The van der Waals surface area contributed by atoms with Crippen LogP contribution >= 0.6 is 0 Å². The highest BCUT2D eigenvalue weighted by molar-refractivity contribution is 5.90. The van der Waals surface area contributed by atoms with Gasteiger partial charge in [-0.1, -0.05) is 24.3 Å². The number of nitrogens with zero attached hydrogens (tertiary/aromatic N) is 1. The van der Waals surface area contributed by atoms with Gasteiger partial charge in [0, 0.05) is 18.7 Å². The molecule has 0 amide bonds. The topological polar surface area (TPSA) is 29.5 Å². The molecule has 0 radical (unpaired) electrons. The van der Waals surface area contributed by atoms with Crippen LogP contribution in [0.15, 0.2) is 35.5 Å². The quantitative estimate of drug-likeness (QED) is 0.678. The molecule has 0 saturated heterocycles. The summed E-state index contributed by atoms with van der Waals surface area (Å²) in [5.41, 5.74) is 5.11. The number of cyclic esters (lactones) is 1. The van der Waals surface area contributed by atoms with E-state index in [2.05, 4.69) is 29.2 Å². The van der Waals surface area contributed by atoms with Gasteiger partial charge in [-0.05, 0) is 37.3 Å². The van der Waals surface area contributed by atoms with Gasteiger partial charge in [-0.25, -0.2) is 4.79 Å². The Kier molecular flexibility index (Phi) is 2.62. The van der Waals surface area contributed by atoms with E-state index in [1.165, 1.54) is 16.8 Å². The molecule has 0 bridgehead atoms. The van der Waals surface area contributed by atoms with Gasteiger partial charge < -0.3 is 9.64 Å². The second-order valence-corrected chi connectivity index (χ2v) is 6.04. The summed E-state index contributed by atoms with van der Waals surface area (Å²) in [5.74, 6) is -0.0870. The van der Waals surface area contributed by atoms with Crippen molar-refractivity contribution in [3.63, 3.8) is 0 Å². The average Bonchev–Trinajstić information content (AvgIpc) is 2.46. The van der Waals surface area contributed by atoms with Crippen molar-refractivity contribution >= 4 is 5.97 Å². The first-order chi connectivity index (χ1) is 9.74. The summed E-state index contributed by atoms with van der Waals surface area (Å²) >= 11 is 0. The second kappa shape index (κ2) is 4.37. The van der Waals surface area contributed by atoms with Crippen molar-refractivity contribution < 1.29 is 9.53 Å². The van der Waals surface area contributed by atoms with Crippen LogP contribution < -0.4 is 0 Å². The lowest BCUT2D eigenvalue weighted by Crippen LogP contribution is -2.42. The third-order valence-electron chi connectivity index (χ3n) is 4.81. The lowest BCUT2D eigenvalue weighted by molar-refractivity contribution is -0.146. The van der Waals surface area contributed by atoms with Gasteiger partial charge in [0.1, 0.15) is 6.10 Å². The molecule has 3 aliphatic rings. The van der Waals surface area contributed by atoms with E-state index in [0.717, 1.165) is 37.8 Å². The number of rotatable bonds is 0. The number of carbonyl (C=O) groups excluding carboxylic acids is 1. The molecule has 0 unspecified atom stereocenters. The first-order valence-corrected chi connectivity index (χ1v) is 7.51. The Bertz CT molecular complexity index is 605. The number of esters is 1. The zero-order valence-electron chi connectivity index (χ0n) is 11.8. The van der Waals surface area contributed by atoms with Crippen molar-refractivity contribution in [3.05, 3.63) is 46.7 Å². The summed E-state index contributed by atoms with van der Waals surface area (Å²) < 4.78 is 5.38. The van der Waals surface area contributed by atoms with E-state index in [-0.39, 0.29) is 12.1 Å². The van der Waals surface area contributed by atoms with Gasteiger partial charge in [-0.3, -0.25) is 0 Å². The van der Waals surface area contributed by atoms with Gasteiger partial charge in [0.15, 0.2) is 0 Å². The molecule has 1 aromatic carbocycles. The number of benzene rings is 1. The second-order valence-electron chi connectivity index (χ2n) is 6.04. The Morgan fingerprint density at radius 1 is 1.25 bits per heavy atom. The van der Waals surface area contributed by atoms with Crippen LogP contribution in [0.3, 0.4) is 0 Å². The Hall–Kier alpha value is -1.77. The van der Waals surface area contributed by atoms with E-state index < -0.39 is 0 Å². The Labute approximate surface area is 119 Å². The summed E-state index contributed by atoms with van der Waals surface area (Å²) in [5, 5.41) is 0. The van der Waals surface area contributed by atoms with Crippen LogP contribution in [0.25, 0.3) is 0 Å². The molecule has 20 heavy (non-hydrogen) atoms. The molecule has 4 rings (SSSR count). The van der Waals surface area contributed by atoms with E-state index in [9.17, 15) is 4.79 Å². The highest BCUT2D eigenvalue weighted by Gasteiger charge is 2.38. The van der Waals surface area contributed by atoms with Gasteiger partial charge in [0.25, 0.3) is 0 Å². The minimum atomic E-state index is -0.0870. The number of ether oxygens (including phenoxy) is 1. The van der Waals surface area contributed by atoms with Gasteiger partial charge >= 0.3 is 5.97 Å². The van der Waals surface area contributed by atoms with E-state index >= 15 is 0 Å². The third kappa shape index (κ3) is 1.69. The van der Waals surface area contributed by atoms with Gasteiger partial charge in [-0.2, -0.15) is 0 Å². The van der Waals surface area contributed by atoms with Gasteiger partial charge in [0.05, 0.1) is 11.6 Å². The molecule has 3 aliphatic heterocycles. The van der Waals surface area contributed by atoms with E-state index in [0.29, 0.717) is 6.04 Å². The molecular formula is C17H19NO2. The van der Waals surface area contributed by atoms with E-state index in [4.69, 9.17) is 4.74 Å². The monoisotopic (exact) mass is 269 g/mol. The van der Waals surface area contributed by atoms with Crippen LogP contribution in [-0.2, 0) is 16.0 Å². The van der Waals surface area contributed by atoms with Crippen molar-refractivity contribution in [1.82, 2.24) is 4.90 Å². The van der Waals surface area contributed by atoms with Crippen LogP contribution in [0.4, 0.5) is 0 Å². The van der Waals surface area contributed by atoms with Crippen LogP contribution in [0.2, 0.25) is 0 Å². The van der Waals surface area contributed by atoms with Crippen LogP contribution in [-0.4, -0.2) is 23.5 Å². The highest BCUT2D eigenvalue weighted by atomic mass is 16.5. The standard InChI is InChI=1S/C17H19NO2/c1-11-10-16-14(17(19)20-11)6-7-15-13-5-3-2-4-12(13)8-9-18(15)16/h2-5,11,15H,6-10H2,1H3/t11-,15-/m1/s1. The Morgan fingerprint density at radius 3 is 3.00 bits per heavy atom. The maximum atomic E-state index is 12.1. The maximum absolute atomic E-state index is 12.1. The Morgan fingerprint density at radius 2 is 2.10 bits per heavy atom. The SMILES string of the molecule is C[C@@H]1CC2=C(CC[C@@H]3c4ccccc4CCN23)C(=O)O1. The van der Waals surface area contributed by atoms with Crippen molar-refractivity contribution in [2.45, 2.75) is 44.8 Å². The molecule has 0 saturated carbocycles. The smallest absolute Gasteiger partial charge is 0.336 e. The largest absolute Gasteiger partial charge is 0.459 e. The zero-order valence-corrected chi connectivity index (χ0v) is 11.8. The minimum Gasteiger partial charge on any atom is -0.459 e. The van der Waals surface area contributed by atoms with Crippen molar-refractivity contribution in [2.75, 3.05) is 6.54 Å². The molecule has 0 N–H and O–H groups in total. The van der Waals surface area contributed by atoms with Gasteiger partial charge in [0.2, 0.25) is 0 Å². The predicted octanol–water partition coefficient (Wildman–Crippen LogP) is 2.97. The molecule has 3 heterocycles. The lowest BCUT2D eigenvalue weighted by Gasteiger charge is -2.46. The zero-order chi connectivity index (χ0) is 13.7. The maximum Gasteiger partial charge on any atom is 0.336 e. The number of hydrogen-bond acceptors (Lipinski definition) is 3. The molecule has 0 aromatic heterocycles. The number of carbonyl (C=O) groups is 1. The molecule has 0 aliphatic carbocycles. The molecule has 104 valence electrons. The molecule has 2 atom stereocenters. The highest BCUT2D eigenvalue weighted by Crippen LogP contribution is 2.44. The molecule has 3 heteroatoms. The Balaban J connectivity index is 1.76. The van der Waals surface area contributed by atoms with E-state index in [1.807, 2.05) is 6.92 Å². The average molecular weight is 269 g/mol. The molecule has 0 fully saturated rings.